The Morgan fingerprint density at radius 3 is 2.18 bits per heavy atom. The fourth-order valence-corrected chi connectivity index (χ4v) is 1.76. The molecule has 5 nitrogen and oxygen atoms in total. The molecule has 1 aromatic carbocycles. The second kappa shape index (κ2) is 9.56. The molecule has 1 aliphatic heterocycles. The largest absolute Gasteiger partial charge is 0.478 e. The number of Topliss-reactive ketones (excluding diaryl/α,β-unsaturated/α-hetero) is 1. The van der Waals surface area contributed by atoms with Gasteiger partial charge in [-0.2, -0.15) is 0 Å². The van der Waals surface area contributed by atoms with Crippen LogP contribution in [-0.2, 0) is 0 Å². The van der Waals surface area contributed by atoms with Crippen LogP contribution in [0.5, 0.6) is 0 Å². The molecular formula is C16H24ClNO4. The number of nitrogens with zero attached hydrogens (tertiary/aromatic N) is 1. The van der Waals surface area contributed by atoms with Gasteiger partial charge in [0.25, 0.3) is 0 Å². The van der Waals surface area contributed by atoms with Crippen LogP contribution in [-0.4, -0.2) is 46.8 Å². The molecule has 0 aromatic heterocycles. The first kappa shape index (κ1) is 9.01. The highest BCUT2D eigenvalue weighted by molar-refractivity contribution is 5.98. The minimum atomic E-state index is -3.51. The number of benzene rings is 1. The number of likely N-dealkylation sites (tertiary alicyclic amines) is 1. The molecule has 22 heavy (non-hydrogen) atoms. The highest BCUT2D eigenvalue weighted by Gasteiger charge is 2.20. The highest BCUT2D eigenvalue weighted by Crippen LogP contribution is 2.15. The summed E-state index contributed by atoms with van der Waals surface area (Å²) in [5.74, 6) is -2.95. The number of halogens is 1. The molecular weight excluding hydrogens is 306 g/mol. The van der Waals surface area contributed by atoms with Gasteiger partial charge in [-0.1, -0.05) is 25.4 Å². The Morgan fingerprint density at radius 2 is 1.68 bits per heavy atom. The van der Waals surface area contributed by atoms with Gasteiger partial charge in [0, 0.05) is 31.7 Å². The molecule has 3 N–H and O–H groups in total. The van der Waals surface area contributed by atoms with Gasteiger partial charge in [0.05, 0.1) is 5.56 Å². The van der Waals surface area contributed by atoms with Crippen LogP contribution in [0.2, 0.25) is 0 Å². The quantitative estimate of drug-likeness (QED) is 0.833. The monoisotopic (exact) mass is 339 g/mol. The zero-order chi connectivity index (χ0) is 23.5. The van der Waals surface area contributed by atoms with Gasteiger partial charge in [-0.05, 0) is 37.9 Å². The van der Waals surface area contributed by atoms with E-state index in [2.05, 4.69) is 0 Å². The Kier molecular flexibility index (Phi) is 3.91. The number of rotatable bonds is 5. The van der Waals surface area contributed by atoms with Crippen LogP contribution in [0.25, 0.3) is 0 Å². The van der Waals surface area contributed by atoms with Crippen molar-refractivity contribution >= 4 is 24.2 Å². The Morgan fingerprint density at radius 1 is 1.18 bits per heavy atom. The zero-order valence-electron chi connectivity index (χ0n) is 21.7. The van der Waals surface area contributed by atoms with Crippen LogP contribution in [0.15, 0.2) is 24.3 Å². The molecule has 1 unspecified atom stereocenters. The maximum absolute atomic E-state index is 12.7. The van der Waals surface area contributed by atoms with E-state index in [-0.39, 0.29) is 33.9 Å². The number of hydrogen-bond acceptors (Lipinski definition) is 3. The Labute approximate surface area is 151 Å². The number of ketones is 1. The van der Waals surface area contributed by atoms with Crippen LogP contribution in [0.3, 0.4) is 0 Å². The number of carbonyl (C=O) groups is 2. The third-order valence-corrected chi connectivity index (χ3v) is 2.83. The number of carboxylic acid groups (broad SMARTS) is 1. The van der Waals surface area contributed by atoms with Crippen molar-refractivity contribution in [2.75, 3.05) is 19.5 Å². The number of aromatic carboxylic acids is 1. The number of carbonyl (C=O) groups excluding carboxylic acids is 1. The van der Waals surface area contributed by atoms with Gasteiger partial charge in [-0.3, -0.25) is 4.79 Å². The molecule has 1 atom stereocenters. The molecule has 0 saturated carbocycles. The molecule has 0 amide bonds. The summed E-state index contributed by atoms with van der Waals surface area (Å²) in [6, 6.07) is 4.85. The van der Waals surface area contributed by atoms with Crippen molar-refractivity contribution in [3.63, 3.8) is 0 Å². The zero-order valence-corrected chi connectivity index (χ0v) is 12.5. The number of carboxylic acids is 1. The molecule has 2 rings (SSSR count). The summed E-state index contributed by atoms with van der Waals surface area (Å²) in [5, 5.41) is 8.92. The molecule has 1 aromatic rings. The highest BCUT2D eigenvalue weighted by atomic mass is 35.5. The van der Waals surface area contributed by atoms with E-state index in [4.69, 9.17) is 18.8 Å². The Bertz CT molecular complexity index is 833. The summed E-state index contributed by atoms with van der Waals surface area (Å²) in [6.45, 7) is -6.00. The van der Waals surface area contributed by atoms with Crippen LogP contribution >= 0.6 is 12.4 Å². The number of hydrogen-bond donors (Lipinski definition) is 1. The topological polar surface area (TPSA) is 89.1 Å². The Balaban J connectivity index is 0.00000480. The van der Waals surface area contributed by atoms with E-state index in [9.17, 15) is 9.59 Å². The van der Waals surface area contributed by atoms with Gasteiger partial charge < -0.3 is 15.5 Å². The molecule has 0 spiro atoms. The molecule has 0 bridgehead atoms. The van der Waals surface area contributed by atoms with E-state index in [1.165, 1.54) is 31.2 Å². The molecule has 0 radical (unpaired) electrons. The first-order chi connectivity index (χ1) is 13.3. The van der Waals surface area contributed by atoms with Gasteiger partial charge in [0.1, 0.15) is 0 Å². The van der Waals surface area contributed by atoms with E-state index < -0.39 is 56.3 Å². The second-order valence-electron chi connectivity index (χ2n) is 4.36. The average Bonchev–Trinajstić information content (AvgIpc) is 2.63. The van der Waals surface area contributed by atoms with Crippen LogP contribution < -0.4 is 0 Å². The summed E-state index contributed by atoms with van der Waals surface area (Å²) in [7, 11) is 0. The van der Waals surface area contributed by atoms with E-state index in [0.717, 1.165) is 0 Å². The maximum atomic E-state index is 12.7. The average molecular weight is 340 g/mol. The summed E-state index contributed by atoms with van der Waals surface area (Å²) < 4.78 is 79.5. The van der Waals surface area contributed by atoms with Crippen LogP contribution in [0.4, 0.5) is 0 Å². The van der Waals surface area contributed by atoms with E-state index in [1.54, 1.807) is 0 Å². The minimum absolute atomic E-state index is 0. The lowest BCUT2D eigenvalue weighted by Crippen LogP contribution is -2.35. The van der Waals surface area contributed by atoms with Gasteiger partial charge in [-0.25, -0.2) is 4.79 Å². The fourth-order valence-electron chi connectivity index (χ4n) is 1.76. The molecule has 6 heteroatoms. The lowest BCUT2D eigenvalue weighted by atomic mass is 9.97. The number of piperidine rings is 1. The van der Waals surface area contributed by atoms with Gasteiger partial charge >= 0.3 is 5.97 Å². The van der Waals surface area contributed by atoms with Crippen molar-refractivity contribution in [2.24, 2.45) is 5.92 Å². The summed E-state index contributed by atoms with van der Waals surface area (Å²) in [4.78, 5) is 23.8. The second-order valence-corrected chi connectivity index (χ2v) is 4.36. The fraction of sp³-hybridized carbons (Fsp3) is 0.500. The van der Waals surface area contributed by atoms with E-state index in [1.807, 2.05) is 0 Å². The Hall–Kier alpha value is -1.43. The minimum Gasteiger partial charge on any atom is -0.478 e. The molecule has 1 fully saturated rings. The molecule has 1 heterocycles. The van der Waals surface area contributed by atoms with Crippen molar-refractivity contribution in [3.05, 3.63) is 35.4 Å². The van der Waals surface area contributed by atoms with Crippen molar-refractivity contribution in [1.82, 2.24) is 4.90 Å². The summed E-state index contributed by atoms with van der Waals surface area (Å²) in [5.41, 5.74) is -0.00138. The van der Waals surface area contributed by atoms with Crippen LogP contribution in [0, 0.1) is 5.92 Å². The standard InChI is InChI=1S/C16H21NO3.ClH.H2O/c1-12(11-17-9-3-2-4-10-17)15(18)13-5-7-14(8-6-13)16(19)20;;/h5-8,12H,2-4,9-11H2,1H3,(H,19,20);1H;1H2/i2D2,3D2,4D2,9D2,10D2;;. The van der Waals surface area contributed by atoms with Crippen LogP contribution in [0.1, 0.15) is 60.5 Å². The third-order valence-electron chi connectivity index (χ3n) is 2.83. The van der Waals surface area contributed by atoms with Gasteiger partial charge in [0.2, 0.25) is 0 Å². The van der Waals surface area contributed by atoms with E-state index in [0.29, 0.717) is 0 Å². The predicted molar refractivity (Wildman–Crippen MR) is 88.0 cm³/mol. The molecule has 1 saturated heterocycles. The first-order valence-electron chi connectivity index (χ1n) is 11.0. The predicted octanol–water partition coefficient (Wildman–Crippen LogP) is 2.29. The smallest absolute Gasteiger partial charge is 0.335 e. The molecule has 1 aliphatic rings. The lowest BCUT2D eigenvalue weighted by molar-refractivity contribution is 0.0696. The van der Waals surface area contributed by atoms with Gasteiger partial charge in [-0.15, -0.1) is 12.4 Å². The van der Waals surface area contributed by atoms with Crippen molar-refractivity contribution in [1.29, 1.82) is 0 Å². The van der Waals surface area contributed by atoms with Crippen molar-refractivity contribution < 1.29 is 33.9 Å². The summed E-state index contributed by atoms with van der Waals surface area (Å²) >= 11 is 0. The van der Waals surface area contributed by atoms with Crippen molar-refractivity contribution in [3.8, 4) is 0 Å². The molecule has 124 valence electrons. The summed E-state index contributed by atoms with van der Waals surface area (Å²) in [6.07, 6.45) is -10.4. The third kappa shape index (κ3) is 5.40. The lowest BCUT2D eigenvalue weighted by Gasteiger charge is -2.28. The van der Waals surface area contributed by atoms with Crippen molar-refractivity contribution in [2.45, 2.75) is 26.0 Å². The van der Waals surface area contributed by atoms with E-state index >= 15 is 0 Å². The first-order valence-corrected chi connectivity index (χ1v) is 5.99. The SMILES string of the molecule is Cl.O.[2H]C1([2H])N(CC(C)C(=O)c2ccc(C(=O)O)cc2)C([2H])([2H])C([2H])([2H])C([2H])([2H])C1([2H])[2H]. The normalized spacial score (nSPS) is 34.2. The van der Waals surface area contributed by atoms with Gasteiger partial charge in [0.15, 0.2) is 5.78 Å². The molecule has 0 aliphatic carbocycles. The maximum Gasteiger partial charge on any atom is 0.335 e.